The minimum absolute atomic E-state index is 0.0220. The first-order chi connectivity index (χ1) is 16.2. The van der Waals surface area contributed by atoms with Gasteiger partial charge in [0.05, 0.1) is 10.6 Å². The summed E-state index contributed by atoms with van der Waals surface area (Å²) in [6.45, 7) is 2.29. The fourth-order valence-corrected chi connectivity index (χ4v) is 3.58. The molecule has 0 aromatic heterocycles. The van der Waals surface area contributed by atoms with Gasteiger partial charge < -0.3 is 14.5 Å². The zero-order chi connectivity index (χ0) is 24.8. The molecule has 2 aromatic carbocycles. The molecule has 9 nitrogen and oxygen atoms in total. The first-order valence-electron chi connectivity index (χ1n) is 10.3. The molecule has 0 bridgehead atoms. The lowest BCUT2D eigenvalue weighted by molar-refractivity contribution is -0.384. The highest BCUT2D eigenvalue weighted by atomic mass is 35.5. The smallest absolute Gasteiger partial charge is 0.331 e. The first-order valence-corrected chi connectivity index (χ1v) is 10.7. The molecule has 1 aliphatic heterocycles. The molecular formula is C23H21ClFN3O6. The number of hydrogen-bond acceptors (Lipinski definition) is 7. The Morgan fingerprint density at radius 1 is 1.15 bits per heavy atom. The number of carbonyl (C=O) groups is 3. The lowest BCUT2D eigenvalue weighted by Crippen LogP contribution is -2.50. The number of esters is 1. The Morgan fingerprint density at radius 2 is 1.85 bits per heavy atom. The van der Waals surface area contributed by atoms with E-state index in [9.17, 15) is 28.9 Å². The summed E-state index contributed by atoms with van der Waals surface area (Å²) in [5.74, 6) is -1.90. The molecular weight excluding hydrogens is 469 g/mol. The molecule has 1 heterocycles. The van der Waals surface area contributed by atoms with Crippen LogP contribution in [0.15, 0.2) is 42.5 Å². The van der Waals surface area contributed by atoms with Crippen LogP contribution in [0.5, 0.6) is 0 Å². The third kappa shape index (κ3) is 6.16. The van der Waals surface area contributed by atoms with Crippen molar-refractivity contribution in [2.45, 2.75) is 6.92 Å². The van der Waals surface area contributed by atoms with Crippen LogP contribution in [0.1, 0.15) is 22.8 Å². The molecule has 1 aliphatic rings. The molecule has 2 aromatic rings. The molecule has 178 valence electrons. The van der Waals surface area contributed by atoms with Crippen molar-refractivity contribution in [3.63, 3.8) is 0 Å². The maximum absolute atomic E-state index is 14.4. The Morgan fingerprint density at radius 3 is 2.47 bits per heavy atom. The van der Waals surface area contributed by atoms with Gasteiger partial charge in [0.1, 0.15) is 10.8 Å². The Hall–Kier alpha value is -3.79. The Kier molecular flexibility index (Phi) is 7.95. The van der Waals surface area contributed by atoms with Crippen molar-refractivity contribution < 1.29 is 28.4 Å². The van der Waals surface area contributed by atoms with Gasteiger partial charge in [-0.2, -0.15) is 0 Å². The molecule has 0 spiro atoms. The Labute approximate surface area is 199 Å². The third-order valence-electron chi connectivity index (χ3n) is 5.24. The number of piperazine rings is 1. The lowest BCUT2D eigenvalue weighted by Gasteiger charge is -2.36. The predicted octanol–water partition coefficient (Wildman–Crippen LogP) is 3.50. The molecule has 0 unspecified atom stereocenters. The Bertz CT molecular complexity index is 1160. The number of nitro benzene ring substituents is 1. The van der Waals surface area contributed by atoms with Crippen molar-refractivity contribution in [3.05, 3.63) is 74.6 Å². The number of halogens is 2. The Balaban J connectivity index is 1.48. The number of nitrogens with zero attached hydrogens (tertiary/aromatic N) is 3. The standard InChI is InChI=1S/C23H21ClFN3O6/c1-15(29)17-4-6-20(19(25)13-17)26-8-10-27(11-9-26)22(30)14-34-23(31)7-3-16-2-5-18(24)21(12-16)28(32)33/h2-7,12-13H,8-11,14H2,1H3. The van der Waals surface area contributed by atoms with E-state index in [0.717, 1.165) is 6.08 Å². The highest BCUT2D eigenvalue weighted by molar-refractivity contribution is 6.32. The van der Waals surface area contributed by atoms with E-state index in [-0.39, 0.29) is 16.5 Å². The average Bonchev–Trinajstić information content (AvgIpc) is 2.81. The van der Waals surface area contributed by atoms with Gasteiger partial charge in [-0.05, 0) is 42.8 Å². The van der Waals surface area contributed by atoms with Crippen LogP contribution >= 0.6 is 11.6 Å². The largest absolute Gasteiger partial charge is 0.452 e. The van der Waals surface area contributed by atoms with Gasteiger partial charge in [0.2, 0.25) is 0 Å². The summed E-state index contributed by atoms with van der Waals surface area (Å²) in [6.07, 6.45) is 2.38. The molecule has 11 heteroatoms. The molecule has 0 N–H and O–H groups in total. The van der Waals surface area contributed by atoms with E-state index in [1.165, 1.54) is 42.2 Å². The summed E-state index contributed by atoms with van der Waals surface area (Å²) in [5, 5.41) is 10.9. The van der Waals surface area contributed by atoms with Gasteiger partial charge in [-0.15, -0.1) is 0 Å². The number of amides is 1. The normalized spacial score (nSPS) is 13.7. The number of anilines is 1. The summed E-state index contributed by atoms with van der Waals surface area (Å²) in [4.78, 5) is 49.3. The monoisotopic (exact) mass is 489 g/mol. The maximum atomic E-state index is 14.4. The van der Waals surface area contributed by atoms with E-state index in [0.29, 0.717) is 43.0 Å². The number of Topliss-reactive ketones (excluding diaryl/α,β-unsaturated/α-hetero) is 1. The number of carbonyl (C=O) groups excluding carboxylic acids is 3. The van der Waals surface area contributed by atoms with Crippen molar-refractivity contribution in [3.8, 4) is 0 Å². The minimum Gasteiger partial charge on any atom is -0.452 e. The van der Waals surface area contributed by atoms with Crippen LogP contribution in [0.3, 0.4) is 0 Å². The van der Waals surface area contributed by atoms with E-state index in [1.807, 2.05) is 0 Å². The van der Waals surface area contributed by atoms with E-state index >= 15 is 0 Å². The molecule has 0 atom stereocenters. The average molecular weight is 490 g/mol. The maximum Gasteiger partial charge on any atom is 0.331 e. The zero-order valence-corrected chi connectivity index (χ0v) is 19.0. The van der Waals surface area contributed by atoms with Crippen LogP contribution < -0.4 is 4.90 Å². The van der Waals surface area contributed by atoms with Crippen molar-refractivity contribution in [1.29, 1.82) is 0 Å². The summed E-state index contributed by atoms with van der Waals surface area (Å²) >= 11 is 5.75. The van der Waals surface area contributed by atoms with Crippen molar-refractivity contribution in [2.24, 2.45) is 0 Å². The summed E-state index contributed by atoms with van der Waals surface area (Å²) in [5.41, 5.74) is 0.733. The molecule has 1 fully saturated rings. The minimum atomic E-state index is -0.780. The second kappa shape index (κ2) is 10.9. The van der Waals surface area contributed by atoms with Crippen LogP contribution in [0.25, 0.3) is 6.08 Å². The van der Waals surface area contributed by atoms with Gasteiger partial charge in [0.15, 0.2) is 12.4 Å². The SMILES string of the molecule is CC(=O)c1ccc(N2CCN(C(=O)COC(=O)C=Cc3ccc(Cl)c([N+](=O)[O-])c3)CC2)c(F)c1. The van der Waals surface area contributed by atoms with E-state index in [2.05, 4.69) is 0 Å². The van der Waals surface area contributed by atoms with Crippen LogP contribution in [-0.4, -0.2) is 60.3 Å². The fraction of sp³-hybridized carbons (Fsp3) is 0.261. The quantitative estimate of drug-likeness (QED) is 0.192. The first kappa shape index (κ1) is 24.8. The molecule has 0 saturated carbocycles. The van der Waals surface area contributed by atoms with Gasteiger partial charge >= 0.3 is 5.97 Å². The van der Waals surface area contributed by atoms with Gasteiger partial charge in [-0.1, -0.05) is 17.7 Å². The molecule has 1 amide bonds. The van der Waals surface area contributed by atoms with Crippen molar-refractivity contribution in [2.75, 3.05) is 37.7 Å². The lowest BCUT2D eigenvalue weighted by atomic mass is 10.1. The predicted molar refractivity (Wildman–Crippen MR) is 123 cm³/mol. The number of benzene rings is 2. The van der Waals surface area contributed by atoms with Gasteiger partial charge in [0.25, 0.3) is 11.6 Å². The summed E-state index contributed by atoms with van der Waals surface area (Å²) in [6, 6.07) is 8.37. The van der Waals surface area contributed by atoms with E-state index in [1.54, 1.807) is 17.0 Å². The molecule has 3 rings (SSSR count). The fourth-order valence-electron chi connectivity index (χ4n) is 3.39. The number of rotatable bonds is 7. The highest BCUT2D eigenvalue weighted by Crippen LogP contribution is 2.25. The van der Waals surface area contributed by atoms with Crippen molar-refractivity contribution >= 4 is 46.7 Å². The number of ketones is 1. The van der Waals surface area contributed by atoms with Crippen LogP contribution in [0.2, 0.25) is 5.02 Å². The topological polar surface area (TPSA) is 110 Å². The number of nitro groups is 1. The van der Waals surface area contributed by atoms with Crippen LogP contribution in [-0.2, 0) is 14.3 Å². The van der Waals surface area contributed by atoms with Gasteiger partial charge in [0, 0.05) is 43.9 Å². The second-order valence-electron chi connectivity index (χ2n) is 7.50. The van der Waals surface area contributed by atoms with Crippen LogP contribution in [0.4, 0.5) is 15.8 Å². The molecule has 1 saturated heterocycles. The molecule has 0 aliphatic carbocycles. The zero-order valence-electron chi connectivity index (χ0n) is 18.2. The number of ether oxygens (including phenoxy) is 1. The van der Waals surface area contributed by atoms with E-state index in [4.69, 9.17) is 16.3 Å². The molecule has 34 heavy (non-hydrogen) atoms. The summed E-state index contributed by atoms with van der Waals surface area (Å²) in [7, 11) is 0. The van der Waals surface area contributed by atoms with Crippen molar-refractivity contribution in [1.82, 2.24) is 4.90 Å². The van der Waals surface area contributed by atoms with Gasteiger partial charge in [-0.25, -0.2) is 9.18 Å². The van der Waals surface area contributed by atoms with Crippen LogP contribution in [0, 0.1) is 15.9 Å². The van der Waals surface area contributed by atoms with E-state index < -0.39 is 29.2 Å². The van der Waals surface area contributed by atoms with Gasteiger partial charge in [-0.3, -0.25) is 19.7 Å². The third-order valence-corrected chi connectivity index (χ3v) is 5.56. The number of hydrogen-bond donors (Lipinski definition) is 0. The molecule has 0 radical (unpaired) electrons. The second-order valence-corrected chi connectivity index (χ2v) is 7.91. The highest BCUT2D eigenvalue weighted by Gasteiger charge is 2.23. The summed E-state index contributed by atoms with van der Waals surface area (Å²) < 4.78 is 19.3.